The van der Waals surface area contributed by atoms with Crippen molar-refractivity contribution in [3.05, 3.63) is 46.4 Å². The number of aromatic nitrogens is 3. The van der Waals surface area contributed by atoms with Crippen LogP contribution in [0.15, 0.2) is 29.2 Å². The lowest BCUT2D eigenvalue weighted by Crippen LogP contribution is -2.36. The number of carbonyl (C=O) groups is 1. The summed E-state index contributed by atoms with van der Waals surface area (Å²) < 4.78 is 73.2. The van der Waals surface area contributed by atoms with Crippen LogP contribution in [0.25, 0.3) is 22.2 Å². The third kappa shape index (κ3) is 10.2. The summed E-state index contributed by atoms with van der Waals surface area (Å²) in [6.45, 7) is 7.57. The van der Waals surface area contributed by atoms with Crippen LogP contribution in [0, 0.1) is 17.6 Å². The van der Waals surface area contributed by atoms with Crippen molar-refractivity contribution in [2.45, 2.75) is 58.4 Å². The Morgan fingerprint density at radius 1 is 1.10 bits per heavy atom. The van der Waals surface area contributed by atoms with Crippen molar-refractivity contribution < 1.29 is 36.4 Å². The summed E-state index contributed by atoms with van der Waals surface area (Å²) in [4.78, 5) is 34.7. The molecule has 1 aliphatic carbocycles. The molecule has 3 N–H and O–H groups in total. The van der Waals surface area contributed by atoms with Gasteiger partial charge in [-0.25, -0.2) is 22.9 Å². The fraction of sp³-hybridized carbons (Fsp3) is 0.576. The Bertz CT molecular complexity index is 1690. The van der Waals surface area contributed by atoms with Gasteiger partial charge in [0, 0.05) is 24.7 Å². The molecule has 3 aromatic rings. The first-order valence-corrected chi connectivity index (χ1v) is 17.7. The molecular weight excluding hydrogens is 679 g/mol. The van der Waals surface area contributed by atoms with Gasteiger partial charge < -0.3 is 24.8 Å². The number of carbonyl (C=O) groups excluding carboxylic acids is 1. The molecule has 2 aromatic heterocycles. The van der Waals surface area contributed by atoms with Crippen LogP contribution in [-0.4, -0.2) is 96.4 Å². The molecule has 1 unspecified atom stereocenters. The zero-order chi connectivity index (χ0) is 35.8. The van der Waals surface area contributed by atoms with E-state index in [0.29, 0.717) is 36.8 Å². The van der Waals surface area contributed by atoms with Crippen LogP contribution in [0.5, 0.6) is 0 Å². The maximum Gasteiger partial charge on any atom is 0.407 e. The highest BCUT2D eigenvalue weighted by Crippen LogP contribution is 2.32. The second kappa shape index (κ2) is 17.0. The van der Waals surface area contributed by atoms with Crippen LogP contribution in [0.3, 0.4) is 0 Å². The minimum atomic E-state index is -1.19. The van der Waals surface area contributed by atoms with E-state index < -0.39 is 52.2 Å². The van der Waals surface area contributed by atoms with Gasteiger partial charge in [-0.05, 0) is 64.2 Å². The van der Waals surface area contributed by atoms with Crippen molar-refractivity contribution in [3.8, 4) is 11.1 Å². The van der Waals surface area contributed by atoms with E-state index in [0.717, 1.165) is 18.9 Å². The number of benzene rings is 1. The summed E-state index contributed by atoms with van der Waals surface area (Å²) in [5.41, 5.74) is -1.82. The Morgan fingerprint density at radius 2 is 1.86 bits per heavy atom. The summed E-state index contributed by atoms with van der Waals surface area (Å²) in [5.74, 6) is -1.03. The van der Waals surface area contributed by atoms with Crippen LogP contribution in [0.2, 0.25) is 0 Å². The van der Waals surface area contributed by atoms with Crippen LogP contribution in [0.4, 0.5) is 29.6 Å². The van der Waals surface area contributed by atoms with Crippen LogP contribution in [0.1, 0.15) is 40.0 Å². The summed E-state index contributed by atoms with van der Waals surface area (Å²) in [6.07, 6.45) is 2.53. The van der Waals surface area contributed by atoms with Gasteiger partial charge in [-0.3, -0.25) is 9.36 Å². The molecule has 1 saturated heterocycles. The van der Waals surface area contributed by atoms with Crippen LogP contribution in [-0.2, 0) is 36.5 Å². The first-order chi connectivity index (χ1) is 23.9. The van der Waals surface area contributed by atoms with Crippen molar-refractivity contribution in [1.82, 2.24) is 24.2 Å². The minimum Gasteiger partial charge on any atom is -0.444 e. The average Bonchev–Trinajstić information content (AvgIpc) is 3.80. The van der Waals surface area contributed by atoms with Gasteiger partial charge >= 0.3 is 17.6 Å². The summed E-state index contributed by atoms with van der Waals surface area (Å²) >= 11 is -1.19. The summed E-state index contributed by atoms with van der Waals surface area (Å²) in [7, 11) is 1.41. The Hall–Kier alpha value is -3.64. The maximum absolute atomic E-state index is 16.1. The SMILES string of the molecule is CO[S+](Nc1ccc(F)c(-c2cc3cnc(NCC4CC4)nc3n(CCOCCOCCNC(=O)OC(C)(C)C)c2=O)c1F)N1CC[C@@H](F)C1. The van der Waals surface area contributed by atoms with Crippen molar-refractivity contribution in [1.29, 1.82) is 0 Å². The Labute approximate surface area is 292 Å². The number of rotatable bonds is 17. The van der Waals surface area contributed by atoms with Gasteiger partial charge in [0.15, 0.2) is 5.82 Å². The second-order valence-electron chi connectivity index (χ2n) is 13.0. The molecule has 50 heavy (non-hydrogen) atoms. The Kier molecular flexibility index (Phi) is 12.8. The van der Waals surface area contributed by atoms with E-state index in [1.807, 2.05) is 0 Å². The standard InChI is InChI=1S/C33H44F3N7O6S/c1-33(2,3)49-32(45)37-10-13-47-15-16-48-14-12-43-29-22(19-39-31(40-29)38-18-21-5-6-21)17-24(30(43)44)27-25(35)7-8-26(28(27)36)41-50(46-4)42-11-9-23(34)20-42/h7-8,17,19,21,23H,5-6,9-16,18,20H2,1-4H3,(H,37,45)(H,38,39,40)/p+1/t23-,50?/m1/s1. The van der Waals surface area contributed by atoms with E-state index in [4.69, 9.17) is 18.4 Å². The van der Waals surface area contributed by atoms with Crippen molar-refractivity contribution in [3.63, 3.8) is 0 Å². The first kappa shape index (κ1) is 37.6. The molecule has 2 aliphatic rings. The molecule has 0 spiro atoms. The number of alkyl carbamates (subject to hydrolysis) is 1. The number of hydrogen-bond donors (Lipinski definition) is 3. The monoisotopic (exact) mass is 724 g/mol. The van der Waals surface area contributed by atoms with E-state index in [-0.39, 0.29) is 63.0 Å². The number of ether oxygens (including phenoxy) is 3. The quantitative estimate of drug-likeness (QED) is 0.133. The number of anilines is 2. The molecule has 0 bridgehead atoms. The molecule has 1 aliphatic heterocycles. The largest absolute Gasteiger partial charge is 0.444 e. The molecule has 5 rings (SSSR count). The minimum absolute atomic E-state index is 0.0239. The predicted octanol–water partition coefficient (Wildman–Crippen LogP) is 4.58. The zero-order valence-corrected chi connectivity index (χ0v) is 29.5. The molecule has 2 atom stereocenters. The van der Waals surface area contributed by atoms with E-state index in [1.165, 1.54) is 30.0 Å². The normalized spacial score (nSPS) is 17.2. The number of alkyl halides is 1. The number of nitrogens with one attached hydrogen (secondary N) is 3. The van der Waals surface area contributed by atoms with Gasteiger partial charge in [0.25, 0.3) is 5.56 Å². The lowest BCUT2D eigenvalue weighted by atomic mass is 10.0. The zero-order valence-electron chi connectivity index (χ0n) is 28.7. The van der Waals surface area contributed by atoms with Crippen molar-refractivity contribution in [2.24, 2.45) is 5.92 Å². The number of fused-ring (bicyclic) bond motifs is 1. The Morgan fingerprint density at radius 3 is 2.54 bits per heavy atom. The van der Waals surface area contributed by atoms with Gasteiger partial charge in [-0.1, -0.05) is 4.31 Å². The van der Waals surface area contributed by atoms with Crippen molar-refractivity contribution in [2.75, 3.05) is 69.8 Å². The van der Waals surface area contributed by atoms with Gasteiger partial charge in [0.2, 0.25) is 5.95 Å². The highest BCUT2D eigenvalue weighted by Gasteiger charge is 2.39. The summed E-state index contributed by atoms with van der Waals surface area (Å²) in [6, 6.07) is 3.68. The average molecular weight is 725 g/mol. The lowest BCUT2D eigenvalue weighted by molar-refractivity contribution is 0.0383. The molecule has 1 saturated carbocycles. The molecule has 274 valence electrons. The molecule has 1 aromatic carbocycles. The highest BCUT2D eigenvalue weighted by molar-refractivity contribution is 7.91. The fourth-order valence-corrected chi connectivity index (χ4v) is 6.57. The number of nitrogens with zero attached hydrogens (tertiary/aromatic N) is 4. The molecule has 1 amide bonds. The number of amides is 1. The van der Waals surface area contributed by atoms with Crippen LogP contribution < -0.4 is 20.9 Å². The number of pyridine rings is 1. The molecule has 13 nitrogen and oxygen atoms in total. The smallest absolute Gasteiger partial charge is 0.407 e. The van der Waals surface area contributed by atoms with E-state index in [1.54, 1.807) is 25.1 Å². The van der Waals surface area contributed by atoms with Gasteiger partial charge in [-0.2, -0.15) is 9.71 Å². The van der Waals surface area contributed by atoms with Gasteiger partial charge in [0.1, 0.15) is 28.9 Å². The van der Waals surface area contributed by atoms with Crippen LogP contribution >= 0.6 is 0 Å². The Balaban J connectivity index is 1.31. The van der Waals surface area contributed by atoms with Crippen molar-refractivity contribution >= 4 is 40.3 Å². The van der Waals surface area contributed by atoms with E-state index in [9.17, 15) is 14.0 Å². The molecular formula is C33H45F3N7O6S+. The summed E-state index contributed by atoms with van der Waals surface area (Å²) in [5, 5.41) is 6.20. The topological polar surface area (TPSA) is 141 Å². The third-order valence-electron chi connectivity index (χ3n) is 7.86. The molecule has 3 heterocycles. The van der Waals surface area contributed by atoms with Gasteiger partial charge in [-0.15, -0.1) is 4.18 Å². The first-order valence-electron chi connectivity index (χ1n) is 16.6. The molecule has 2 fully saturated rings. The lowest BCUT2D eigenvalue weighted by Gasteiger charge is -2.19. The highest BCUT2D eigenvalue weighted by atomic mass is 32.2. The van der Waals surface area contributed by atoms with Gasteiger partial charge in [0.05, 0.1) is 64.3 Å². The third-order valence-corrected chi connectivity index (χ3v) is 9.37. The number of halogens is 3. The van der Waals surface area contributed by atoms with E-state index >= 15 is 8.78 Å². The molecule has 17 heteroatoms. The number of hydrogen-bond acceptors (Lipinski definition) is 11. The van der Waals surface area contributed by atoms with E-state index in [2.05, 4.69) is 25.3 Å². The maximum atomic E-state index is 16.1. The molecule has 0 radical (unpaired) electrons. The second-order valence-corrected chi connectivity index (χ2v) is 14.6. The predicted molar refractivity (Wildman–Crippen MR) is 185 cm³/mol. The fourth-order valence-electron chi connectivity index (χ4n) is 5.23.